The number of hydrogen-bond acceptors (Lipinski definition) is 3. The summed E-state index contributed by atoms with van der Waals surface area (Å²) in [5.74, 6) is 0. The molecule has 0 aliphatic heterocycles. The molecule has 0 saturated heterocycles. The Kier molecular flexibility index (Phi) is 5.27. The van der Waals surface area contributed by atoms with Crippen molar-refractivity contribution in [3.05, 3.63) is 30.6 Å². The summed E-state index contributed by atoms with van der Waals surface area (Å²) in [5.41, 5.74) is 1.85. The van der Waals surface area contributed by atoms with Crippen LogP contribution in [-0.4, -0.2) is 24.5 Å². The first-order valence-electron chi connectivity index (χ1n) is 8.50. The van der Waals surface area contributed by atoms with Crippen molar-refractivity contribution < 1.29 is 0 Å². The monoisotopic (exact) mass is 317 g/mol. The zero-order chi connectivity index (χ0) is 17.1. The maximum atomic E-state index is 4.58. The maximum absolute atomic E-state index is 4.58. The van der Waals surface area contributed by atoms with Crippen molar-refractivity contribution in [3.8, 4) is 0 Å². The van der Waals surface area contributed by atoms with Crippen LogP contribution in [0.25, 0.3) is 0 Å². The van der Waals surface area contributed by atoms with Gasteiger partial charge in [0, 0.05) is 18.8 Å². The smallest absolute Gasteiger partial charge is 0.137 e. The van der Waals surface area contributed by atoms with E-state index in [0.29, 0.717) is 11.5 Å². The molecule has 0 spiro atoms. The van der Waals surface area contributed by atoms with Crippen molar-refractivity contribution in [3.63, 3.8) is 0 Å². The van der Waals surface area contributed by atoms with E-state index in [1.54, 1.807) is 12.7 Å². The average Bonchev–Trinajstić information content (AvgIpc) is 3.04. The first kappa shape index (κ1) is 17.7. The summed E-state index contributed by atoms with van der Waals surface area (Å²) in [6.45, 7) is 14.6. The van der Waals surface area contributed by atoms with Crippen LogP contribution >= 0.6 is 0 Å². The quantitative estimate of drug-likeness (QED) is 0.771. The fourth-order valence-electron chi connectivity index (χ4n) is 3.10. The predicted octanol–water partition coefficient (Wildman–Crippen LogP) is 4.13. The minimum atomic E-state index is 0.215. The zero-order valence-electron chi connectivity index (χ0n) is 15.5. The topological polar surface area (TPSA) is 48.5 Å². The van der Waals surface area contributed by atoms with E-state index < -0.39 is 0 Å². The lowest BCUT2D eigenvalue weighted by atomic mass is 9.83. The molecule has 1 atom stereocenters. The SMILES string of the molecule is CC(CC(C)(C)C)n1cc(CC(C)(C)CCn2cncn2)cn1. The number of hydrogen-bond donors (Lipinski definition) is 0. The van der Waals surface area contributed by atoms with Crippen molar-refractivity contribution >= 4 is 0 Å². The molecule has 2 heterocycles. The lowest BCUT2D eigenvalue weighted by Gasteiger charge is -2.24. The molecule has 0 fully saturated rings. The van der Waals surface area contributed by atoms with Crippen molar-refractivity contribution in [2.45, 2.75) is 73.4 Å². The van der Waals surface area contributed by atoms with Crippen LogP contribution in [0.3, 0.4) is 0 Å². The molecular weight excluding hydrogens is 286 g/mol. The van der Waals surface area contributed by atoms with E-state index in [-0.39, 0.29) is 5.41 Å². The van der Waals surface area contributed by atoms with Crippen LogP contribution in [-0.2, 0) is 13.0 Å². The van der Waals surface area contributed by atoms with Crippen LogP contribution in [0.4, 0.5) is 0 Å². The van der Waals surface area contributed by atoms with Gasteiger partial charge in [0.15, 0.2) is 0 Å². The standard InChI is InChI=1S/C18H31N5/c1-15(9-17(2,3)4)23-12-16(11-20-23)10-18(5,6)7-8-22-14-19-13-21-22/h11-15H,7-10H2,1-6H3. The van der Waals surface area contributed by atoms with Crippen LogP contribution in [0.2, 0.25) is 0 Å². The summed E-state index contributed by atoms with van der Waals surface area (Å²) < 4.78 is 4.02. The predicted molar refractivity (Wildman–Crippen MR) is 93.1 cm³/mol. The van der Waals surface area contributed by atoms with Gasteiger partial charge >= 0.3 is 0 Å². The van der Waals surface area contributed by atoms with Gasteiger partial charge in [0.2, 0.25) is 0 Å². The molecule has 2 aromatic rings. The summed E-state index contributed by atoms with van der Waals surface area (Å²) in [5, 5.41) is 8.76. The fourth-order valence-corrected chi connectivity index (χ4v) is 3.10. The molecule has 0 aliphatic carbocycles. The van der Waals surface area contributed by atoms with Gasteiger partial charge in [-0.1, -0.05) is 34.6 Å². The molecule has 2 rings (SSSR count). The number of aryl methyl sites for hydroxylation is 1. The highest BCUT2D eigenvalue weighted by Crippen LogP contribution is 2.29. The largest absolute Gasteiger partial charge is 0.270 e. The molecule has 0 amide bonds. The Balaban J connectivity index is 1.92. The molecule has 0 radical (unpaired) electrons. The molecule has 1 unspecified atom stereocenters. The van der Waals surface area contributed by atoms with Gasteiger partial charge in [-0.25, -0.2) is 4.98 Å². The molecule has 0 bridgehead atoms. The van der Waals surface area contributed by atoms with Gasteiger partial charge in [-0.2, -0.15) is 10.2 Å². The van der Waals surface area contributed by atoms with E-state index >= 15 is 0 Å². The second kappa shape index (κ2) is 6.85. The summed E-state index contributed by atoms with van der Waals surface area (Å²) in [6, 6.07) is 0.432. The number of aromatic nitrogens is 5. The van der Waals surface area contributed by atoms with E-state index in [9.17, 15) is 0 Å². The minimum absolute atomic E-state index is 0.215. The van der Waals surface area contributed by atoms with Gasteiger partial charge in [0.1, 0.15) is 12.7 Å². The molecule has 23 heavy (non-hydrogen) atoms. The first-order chi connectivity index (χ1) is 10.6. The molecule has 128 valence electrons. The van der Waals surface area contributed by atoms with Crippen molar-refractivity contribution in [1.29, 1.82) is 0 Å². The second-order valence-electron chi connectivity index (χ2n) is 8.69. The lowest BCUT2D eigenvalue weighted by molar-refractivity contribution is 0.291. The van der Waals surface area contributed by atoms with Gasteiger partial charge in [0.25, 0.3) is 0 Å². The van der Waals surface area contributed by atoms with E-state index in [1.807, 2.05) is 10.9 Å². The minimum Gasteiger partial charge on any atom is -0.270 e. The Morgan fingerprint density at radius 1 is 1.13 bits per heavy atom. The third-order valence-corrected chi connectivity index (χ3v) is 4.18. The van der Waals surface area contributed by atoms with Crippen LogP contribution in [0.5, 0.6) is 0 Å². The Hall–Kier alpha value is -1.65. The van der Waals surface area contributed by atoms with E-state index in [2.05, 4.69) is 67.6 Å². The first-order valence-corrected chi connectivity index (χ1v) is 8.50. The second-order valence-corrected chi connectivity index (χ2v) is 8.69. The van der Waals surface area contributed by atoms with Gasteiger partial charge in [0.05, 0.1) is 6.20 Å². The normalized spacial score (nSPS) is 14.2. The van der Waals surface area contributed by atoms with Crippen LogP contribution in [0.15, 0.2) is 25.0 Å². The summed E-state index contributed by atoms with van der Waals surface area (Å²) in [4.78, 5) is 4.00. The molecule has 5 heteroatoms. The molecule has 0 aliphatic rings. The highest BCUT2D eigenvalue weighted by atomic mass is 15.3. The number of nitrogens with zero attached hydrogens (tertiary/aromatic N) is 5. The summed E-state index contributed by atoms with van der Waals surface area (Å²) in [6.07, 6.45) is 10.8. The third-order valence-electron chi connectivity index (χ3n) is 4.18. The maximum Gasteiger partial charge on any atom is 0.137 e. The molecule has 2 aromatic heterocycles. The molecule has 0 saturated carbocycles. The van der Waals surface area contributed by atoms with Crippen molar-refractivity contribution in [2.75, 3.05) is 0 Å². The van der Waals surface area contributed by atoms with Crippen LogP contribution in [0.1, 0.15) is 66.0 Å². The number of rotatable bonds is 7. The fraction of sp³-hybridized carbons (Fsp3) is 0.722. The van der Waals surface area contributed by atoms with E-state index in [1.165, 1.54) is 5.56 Å². The Morgan fingerprint density at radius 2 is 1.87 bits per heavy atom. The lowest BCUT2D eigenvalue weighted by Crippen LogP contribution is -2.18. The summed E-state index contributed by atoms with van der Waals surface area (Å²) >= 11 is 0. The van der Waals surface area contributed by atoms with Crippen molar-refractivity contribution in [2.24, 2.45) is 10.8 Å². The summed E-state index contributed by atoms with van der Waals surface area (Å²) in [7, 11) is 0. The zero-order valence-corrected chi connectivity index (χ0v) is 15.5. The third kappa shape index (κ3) is 5.81. The van der Waals surface area contributed by atoms with Gasteiger partial charge in [-0.15, -0.1) is 0 Å². The van der Waals surface area contributed by atoms with Crippen LogP contribution < -0.4 is 0 Å². The van der Waals surface area contributed by atoms with E-state index in [0.717, 1.165) is 25.8 Å². The highest BCUT2D eigenvalue weighted by Gasteiger charge is 2.21. The Morgan fingerprint density at radius 3 is 2.48 bits per heavy atom. The van der Waals surface area contributed by atoms with E-state index in [4.69, 9.17) is 0 Å². The molecule has 0 N–H and O–H groups in total. The molecule has 5 nitrogen and oxygen atoms in total. The van der Waals surface area contributed by atoms with Crippen molar-refractivity contribution in [1.82, 2.24) is 24.5 Å². The van der Waals surface area contributed by atoms with Gasteiger partial charge in [-0.05, 0) is 42.6 Å². The van der Waals surface area contributed by atoms with Crippen LogP contribution in [0, 0.1) is 10.8 Å². The van der Waals surface area contributed by atoms with Gasteiger partial charge in [-0.3, -0.25) is 9.36 Å². The highest BCUT2D eigenvalue weighted by molar-refractivity contribution is 5.07. The Labute approximate surface area is 140 Å². The molecule has 0 aromatic carbocycles. The Bertz CT molecular complexity index is 589. The van der Waals surface area contributed by atoms with Gasteiger partial charge < -0.3 is 0 Å². The molecular formula is C18H31N5. The average molecular weight is 317 g/mol.